The number of halogens is 1. The van der Waals surface area contributed by atoms with Crippen LogP contribution < -0.4 is 10.5 Å². The average Bonchev–Trinajstić information content (AvgIpc) is 3.14. The second-order valence-corrected chi connectivity index (χ2v) is 8.65. The minimum absolute atomic E-state index is 0.191. The van der Waals surface area contributed by atoms with Crippen molar-refractivity contribution in [2.24, 2.45) is 0 Å². The van der Waals surface area contributed by atoms with Gasteiger partial charge in [0.25, 0.3) is 0 Å². The molecular formula is C25H25ClN4O4. The van der Waals surface area contributed by atoms with Crippen LogP contribution in [0.15, 0.2) is 45.6 Å². The third-order valence-electron chi connectivity index (χ3n) is 6.03. The smallest absolute Gasteiger partial charge is 0.420 e. The van der Waals surface area contributed by atoms with Gasteiger partial charge in [0, 0.05) is 27.4 Å². The number of oxazole rings is 1. The van der Waals surface area contributed by atoms with E-state index in [4.69, 9.17) is 31.6 Å². The monoisotopic (exact) mass is 480 g/mol. The summed E-state index contributed by atoms with van der Waals surface area (Å²) in [6.45, 7) is 4.70. The quantitative estimate of drug-likeness (QED) is 0.318. The molecule has 2 heterocycles. The van der Waals surface area contributed by atoms with Crippen LogP contribution in [0.25, 0.3) is 22.0 Å². The van der Waals surface area contributed by atoms with Crippen LogP contribution in [0.1, 0.15) is 49.6 Å². The van der Waals surface area contributed by atoms with Crippen LogP contribution in [0.3, 0.4) is 0 Å². The highest BCUT2D eigenvalue weighted by Crippen LogP contribution is 2.37. The first kappa shape index (κ1) is 23.7. The van der Waals surface area contributed by atoms with Crippen molar-refractivity contribution < 1.29 is 14.3 Å². The van der Waals surface area contributed by atoms with Crippen LogP contribution >= 0.6 is 11.6 Å². The Morgan fingerprint density at radius 1 is 1.21 bits per heavy atom. The highest BCUT2D eigenvalue weighted by Gasteiger charge is 2.26. The number of aliphatic hydroxyl groups excluding tert-OH is 1. The number of nitrogens with one attached hydrogen (secondary N) is 2. The lowest BCUT2D eigenvalue weighted by Gasteiger charge is -2.20. The summed E-state index contributed by atoms with van der Waals surface area (Å²) in [4.78, 5) is 17.6. The minimum atomic E-state index is -0.599. The molecular weight excluding hydrogens is 456 g/mol. The summed E-state index contributed by atoms with van der Waals surface area (Å²) >= 11 is 6.42. The number of rotatable bonds is 7. The van der Waals surface area contributed by atoms with E-state index in [1.807, 2.05) is 25.1 Å². The van der Waals surface area contributed by atoms with E-state index in [9.17, 15) is 9.90 Å². The van der Waals surface area contributed by atoms with Gasteiger partial charge in [-0.3, -0.25) is 4.57 Å². The van der Waals surface area contributed by atoms with Gasteiger partial charge in [-0.05, 0) is 44.5 Å². The average molecular weight is 481 g/mol. The zero-order valence-electron chi connectivity index (χ0n) is 19.3. The topological polar surface area (TPSA) is 125 Å². The second-order valence-electron chi connectivity index (χ2n) is 8.24. The first-order chi connectivity index (χ1) is 16.2. The van der Waals surface area contributed by atoms with Crippen molar-refractivity contribution in [3.8, 4) is 5.75 Å². The lowest BCUT2D eigenvalue weighted by molar-refractivity contribution is 0.277. The van der Waals surface area contributed by atoms with Crippen molar-refractivity contribution in [2.75, 3.05) is 7.11 Å². The zero-order valence-corrected chi connectivity index (χ0v) is 20.0. The van der Waals surface area contributed by atoms with E-state index in [0.717, 1.165) is 5.56 Å². The lowest BCUT2D eigenvalue weighted by Crippen LogP contribution is -2.20. The summed E-state index contributed by atoms with van der Waals surface area (Å²) in [6, 6.07) is 10.3. The summed E-state index contributed by atoms with van der Waals surface area (Å²) in [7, 11) is 1.52. The second kappa shape index (κ2) is 9.04. The normalized spacial score (nSPS) is 13.2. The zero-order chi connectivity index (χ0) is 24.7. The van der Waals surface area contributed by atoms with E-state index in [0.29, 0.717) is 44.2 Å². The van der Waals surface area contributed by atoms with Crippen LogP contribution in [0.5, 0.6) is 5.75 Å². The van der Waals surface area contributed by atoms with Gasteiger partial charge in [0.1, 0.15) is 17.0 Å². The van der Waals surface area contributed by atoms with Crippen LogP contribution in [-0.4, -0.2) is 33.2 Å². The number of hydrogen-bond acceptors (Lipinski definition) is 7. The molecule has 0 aliphatic rings. The molecule has 0 saturated heterocycles. The van der Waals surface area contributed by atoms with Crippen LogP contribution in [-0.2, 0) is 6.61 Å². The number of ether oxygens (including phenoxy) is 1. The number of hydrogen-bond donors (Lipinski definition) is 3. The molecule has 4 aromatic rings. The molecule has 0 aliphatic carbocycles. The molecule has 0 fully saturated rings. The molecule has 0 aliphatic heterocycles. The van der Waals surface area contributed by atoms with Crippen molar-refractivity contribution >= 4 is 45.0 Å². The fraction of sp³-hybridized carbons (Fsp3) is 0.280. The Balaban J connectivity index is 2.11. The molecule has 0 radical (unpaired) electrons. The van der Waals surface area contributed by atoms with E-state index in [1.165, 1.54) is 11.7 Å². The molecule has 3 N–H and O–H groups in total. The largest absolute Gasteiger partial charge is 0.496 e. The fourth-order valence-corrected chi connectivity index (χ4v) is 4.80. The van der Waals surface area contributed by atoms with Crippen molar-refractivity contribution in [3.05, 3.63) is 68.8 Å². The van der Waals surface area contributed by atoms with Gasteiger partial charge in [-0.2, -0.15) is 0 Å². The third-order valence-corrected chi connectivity index (χ3v) is 6.38. The minimum Gasteiger partial charge on any atom is -0.496 e. The van der Waals surface area contributed by atoms with Gasteiger partial charge in [0.15, 0.2) is 5.58 Å². The number of aromatic nitrogens is 2. The van der Waals surface area contributed by atoms with Gasteiger partial charge in [-0.1, -0.05) is 29.8 Å². The first-order valence-electron chi connectivity index (χ1n) is 10.7. The number of pyridine rings is 1. The number of methoxy groups -OCH3 is 1. The summed E-state index contributed by atoms with van der Waals surface area (Å²) in [5.41, 5.74) is 3.30. The summed E-state index contributed by atoms with van der Waals surface area (Å²) in [5, 5.41) is 27.5. The van der Waals surface area contributed by atoms with E-state index >= 15 is 0 Å². The number of benzene rings is 2. The number of aliphatic hydroxyl groups is 1. The summed E-state index contributed by atoms with van der Waals surface area (Å²) in [6.07, 6.45) is 0. The standard InChI is InChI=1S/C25H25ClN4O4/c1-12(27)22(13(2)28)17-9-19-16(10-21(17)33-4)23-24(20(11-31)29-19)34-25(32)30(23)14(3)15-7-5-6-8-18(15)26/h5-10,14,22,27-28,31H,11H2,1-4H3. The fourth-order valence-electron chi connectivity index (χ4n) is 4.50. The third kappa shape index (κ3) is 3.78. The molecule has 34 heavy (non-hydrogen) atoms. The Bertz CT molecular complexity index is 1490. The molecule has 2 aromatic carbocycles. The number of fused-ring (bicyclic) bond motifs is 3. The van der Waals surface area contributed by atoms with Crippen molar-refractivity contribution in [2.45, 2.75) is 39.3 Å². The predicted molar refractivity (Wildman–Crippen MR) is 133 cm³/mol. The number of nitrogens with zero attached hydrogens (tertiary/aromatic N) is 2. The molecule has 4 rings (SSSR count). The Kier molecular flexibility index (Phi) is 6.29. The molecule has 8 nitrogen and oxygen atoms in total. The summed E-state index contributed by atoms with van der Waals surface area (Å²) in [5.74, 6) is -0.720. The molecule has 1 unspecified atom stereocenters. The van der Waals surface area contributed by atoms with E-state index < -0.39 is 24.3 Å². The van der Waals surface area contributed by atoms with Crippen LogP contribution in [0.4, 0.5) is 0 Å². The van der Waals surface area contributed by atoms with Crippen LogP contribution in [0, 0.1) is 10.8 Å². The molecule has 176 valence electrons. The van der Waals surface area contributed by atoms with Crippen molar-refractivity contribution in [1.82, 2.24) is 9.55 Å². The maximum atomic E-state index is 13.0. The van der Waals surface area contributed by atoms with Crippen molar-refractivity contribution in [3.63, 3.8) is 0 Å². The predicted octanol–water partition coefficient (Wildman–Crippen LogP) is 5.07. The highest BCUT2D eigenvalue weighted by atomic mass is 35.5. The Morgan fingerprint density at radius 2 is 1.88 bits per heavy atom. The summed E-state index contributed by atoms with van der Waals surface area (Å²) < 4.78 is 12.7. The molecule has 0 spiro atoms. The van der Waals surface area contributed by atoms with E-state index in [2.05, 4.69) is 4.98 Å². The Labute approximate surface area is 200 Å². The van der Waals surface area contributed by atoms with Gasteiger partial charge < -0.3 is 25.1 Å². The maximum Gasteiger partial charge on any atom is 0.420 e. The van der Waals surface area contributed by atoms with Gasteiger partial charge in [0.05, 0.1) is 31.2 Å². The van der Waals surface area contributed by atoms with Gasteiger partial charge >= 0.3 is 5.76 Å². The van der Waals surface area contributed by atoms with Crippen LogP contribution in [0.2, 0.25) is 5.02 Å². The Morgan fingerprint density at radius 3 is 2.47 bits per heavy atom. The SMILES string of the molecule is COc1cc2c(cc1C(C(C)=N)C(C)=N)nc(CO)c1oc(=O)n(C(C)c3ccccc3Cl)c12. The first-order valence-corrected chi connectivity index (χ1v) is 11.1. The Hall–Kier alpha value is -3.49. The molecule has 2 aromatic heterocycles. The van der Waals surface area contributed by atoms with E-state index in [-0.39, 0.29) is 11.3 Å². The van der Waals surface area contributed by atoms with Gasteiger partial charge in [-0.25, -0.2) is 9.78 Å². The molecule has 0 bridgehead atoms. The maximum absolute atomic E-state index is 13.0. The van der Waals surface area contributed by atoms with Gasteiger partial charge in [0.2, 0.25) is 0 Å². The van der Waals surface area contributed by atoms with Gasteiger partial charge in [-0.15, -0.1) is 0 Å². The molecule has 1 atom stereocenters. The van der Waals surface area contributed by atoms with E-state index in [1.54, 1.807) is 32.0 Å². The van der Waals surface area contributed by atoms with Crippen molar-refractivity contribution in [1.29, 1.82) is 10.8 Å². The molecule has 0 amide bonds. The lowest BCUT2D eigenvalue weighted by atomic mass is 9.89. The molecule has 0 saturated carbocycles. The highest BCUT2D eigenvalue weighted by molar-refractivity contribution is 6.31. The molecule has 9 heteroatoms.